The van der Waals surface area contributed by atoms with Gasteiger partial charge in [0.2, 0.25) is 0 Å². The van der Waals surface area contributed by atoms with E-state index in [1.54, 1.807) is 0 Å². The van der Waals surface area contributed by atoms with Crippen molar-refractivity contribution in [3.63, 3.8) is 0 Å². The van der Waals surface area contributed by atoms with Crippen LogP contribution in [0.5, 0.6) is 0 Å². The monoisotopic (exact) mass is 213 g/mol. The molecule has 0 unspecified atom stereocenters. The van der Waals surface area contributed by atoms with Crippen LogP contribution in [0.2, 0.25) is 0 Å². The zero-order chi connectivity index (χ0) is 11.5. The number of hydrogen-bond acceptors (Lipinski definition) is 3. The van der Waals surface area contributed by atoms with Gasteiger partial charge < -0.3 is 5.73 Å². The molecule has 0 aliphatic heterocycles. The van der Waals surface area contributed by atoms with Gasteiger partial charge in [0, 0.05) is 35.1 Å². The number of hydrogen-bond donors (Lipinski definition) is 1. The highest BCUT2D eigenvalue weighted by Gasteiger charge is 2.05. The maximum atomic E-state index is 5.89. The Hall–Kier alpha value is -1.90. The van der Waals surface area contributed by atoms with Crippen molar-refractivity contribution in [2.45, 2.75) is 19.8 Å². The number of rotatable bonds is 2. The Labute approximate surface area is 95.4 Å². The maximum absolute atomic E-state index is 5.89. The minimum atomic E-state index is 0.349. The van der Waals surface area contributed by atoms with E-state index < -0.39 is 0 Å². The first-order valence-corrected chi connectivity index (χ1v) is 5.35. The van der Waals surface area contributed by atoms with E-state index in [4.69, 9.17) is 5.73 Å². The fourth-order valence-corrected chi connectivity index (χ4v) is 1.54. The molecule has 0 bridgehead atoms. The lowest BCUT2D eigenvalue weighted by molar-refractivity contribution is 0.775. The SMILES string of the molecule is CC(C)c1ncc(-c2ccccc2N)cn1. The molecule has 16 heavy (non-hydrogen) atoms. The molecule has 0 amide bonds. The molecule has 2 N–H and O–H groups in total. The van der Waals surface area contributed by atoms with Gasteiger partial charge in [0.1, 0.15) is 5.82 Å². The molecule has 1 aromatic heterocycles. The molecule has 0 atom stereocenters. The minimum Gasteiger partial charge on any atom is -0.398 e. The van der Waals surface area contributed by atoms with Gasteiger partial charge in [-0.3, -0.25) is 0 Å². The molecule has 82 valence electrons. The highest BCUT2D eigenvalue weighted by Crippen LogP contribution is 2.24. The van der Waals surface area contributed by atoms with E-state index in [1.165, 1.54) is 0 Å². The second-order valence-electron chi connectivity index (χ2n) is 4.07. The van der Waals surface area contributed by atoms with Gasteiger partial charge in [0.15, 0.2) is 0 Å². The van der Waals surface area contributed by atoms with E-state index in [2.05, 4.69) is 23.8 Å². The quantitative estimate of drug-likeness (QED) is 0.780. The van der Waals surface area contributed by atoms with Gasteiger partial charge in [-0.25, -0.2) is 9.97 Å². The van der Waals surface area contributed by atoms with Crippen LogP contribution in [0, 0.1) is 0 Å². The molecule has 0 radical (unpaired) electrons. The predicted molar refractivity (Wildman–Crippen MR) is 66.0 cm³/mol. The molecule has 1 aromatic carbocycles. The second kappa shape index (κ2) is 4.31. The largest absolute Gasteiger partial charge is 0.398 e. The molecule has 0 spiro atoms. The van der Waals surface area contributed by atoms with Gasteiger partial charge in [0.25, 0.3) is 0 Å². The van der Waals surface area contributed by atoms with Crippen LogP contribution >= 0.6 is 0 Å². The van der Waals surface area contributed by atoms with Crippen LogP contribution in [0.15, 0.2) is 36.7 Å². The summed E-state index contributed by atoms with van der Waals surface area (Å²) < 4.78 is 0. The Morgan fingerprint density at radius 1 is 1.06 bits per heavy atom. The average molecular weight is 213 g/mol. The van der Waals surface area contributed by atoms with Crippen molar-refractivity contribution >= 4 is 5.69 Å². The van der Waals surface area contributed by atoms with E-state index >= 15 is 0 Å². The summed E-state index contributed by atoms with van der Waals surface area (Å²) in [6.45, 7) is 4.15. The maximum Gasteiger partial charge on any atom is 0.130 e. The Bertz CT molecular complexity index is 475. The van der Waals surface area contributed by atoms with Crippen molar-refractivity contribution in [3.05, 3.63) is 42.5 Å². The Morgan fingerprint density at radius 2 is 1.69 bits per heavy atom. The first-order valence-electron chi connectivity index (χ1n) is 5.35. The summed E-state index contributed by atoms with van der Waals surface area (Å²) in [6, 6.07) is 7.74. The summed E-state index contributed by atoms with van der Waals surface area (Å²) in [7, 11) is 0. The first kappa shape index (κ1) is 10.6. The molecular weight excluding hydrogens is 198 g/mol. The van der Waals surface area contributed by atoms with Crippen LogP contribution < -0.4 is 5.73 Å². The lowest BCUT2D eigenvalue weighted by atomic mass is 10.1. The molecule has 2 aromatic rings. The van der Waals surface area contributed by atoms with Crippen molar-refractivity contribution in [1.29, 1.82) is 0 Å². The zero-order valence-electron chi connectivity index (χ0n) is 9.51. The fourth-order valence-electron chi connectivity index (χ4n) is 1.54. The number of nitrogen functional groups attached to an aromatic ring is 1. The number of nitrogens with zero attached hydrogens (tertiary/aromatic N) is 2. The van der Waals surface area contributed by atoms with Crippen LogP contribution in [-0.4, -0.2) is 9.97 Å². The summed E-state index contributed by atoms with van der Waals surface area (Å²) >= 11 is 0. The number of anilines is 1. The van der Waals surface area contributed by atoms with E-state index in [1.807, 2.05) is 36.7 Å². The third kappa shape index (κ3) is 2.03. The van der Waals surface area contributed by atoms with Crippen LogP contribution in [0.3, 0.4) is 0 Å². The number of para-hydroxylation sites is 1. The van der Waals surface area contributed by atoms with Crippen LogP contribution in [0.4, 0.5) is 5.69 Å². The molecule has 0 aliphatic carbocycles. The molecule has 0 aliphatic rings. The average Bonchev–Trinajstić information content (AvgIpc) is 2.30. The summed E-state index contributed by atoms with van der Waals surface area (Å²) in [5.41, 5.74) is 8.59. The number of benzene rings is 1. The Balaban J connectivity index is 2.39. The third-order valence-corrected chi connectivity index (χ3v) is 2.46. The van der Waals surface area contributed by atoms with Crippen molar-refractivity contribution in [1.82, 2.24) is 9.97 Å². The summed E-state index contributed by atoms with van der Waals surface area (Å²) in [4.78, 5) is 8.66. The molecule has 1 heterocycles. The van der Waals surface area contributed by atoms with Gasteiger partial charge in [-0.1, -0.05) is 32.0 Å². The number of nitrogens with two attached hydrogens (primary N) is 1. The van der Waals surface area contributed by atoms with Crippen LogP contribution in [-0.2, 0) is 0 Å². The zero-order valence-corrected chi connectivity index (χ0v) is 9.51. The Kier molecular flexibility index (Phi) is 2.86. The fraction of sp³-hybridized carbons (Fsp3) is 0.231. The van der Waals surface area contributed by atoms with Crippen molar-refractivity contribution in [3.8, 4) is 11.1 Å². The standard InChI is InChI=1S/C13H15N3/c1-9(2)13-15-7-10(8-16-13)11-5-3-4-6-12(11)14/h3-9H,14H2,1-2H3. The molecule has 0 fully saturated rings. The lowest BCUT2D eigenvalue weighted by Gasteiger charge is -2.06. The third-order valence-electron chi connectivity index (χ3n) is 2.46. The van der Waals surface area contributed by atoms with E-state index in [0.29, 0.717) is 5.92 Å². The highest BCUT2D eigenvalue weighted by atomic mass is 14.9. The summed E-state index contributed by atoms with van der Waals surface area (Å²) in [5, 5.41) is 0. The number of aromatic nitrogens is 2. The van der Waals surface area contributed by atoms with E-state index in [0.717, 1.165) is 22.6 Å². The van der Waals surface area contributed by atoms with Gasteiger partial charge in [-0.05, 0) is 6.07 Å². The summed E-state index contributed by atoms with van der Waals surface area (Å²) in [6.07, 6.45) is 3.65. The van der Waals surface area contributed by atoms with E-state index in [9.17, 15) is 0 Å². The topological polar surface area (TPSA) is 51.8 Å². The van der Waals surface area contributed by atoms with Crippen molar-refractivity contribution < 1.29 is 0 Å². The molecule has 3 nitrogen and oxygen atoms in total. The van der Waals surface area contributed by atoms with Gasteiger partial charge in [0.05, 0.1) is 0 Å². The molecule has 3 heteroatoms. The normalized spacial score (nSPS) is 10.7. The Morgan fingerprint density at radius 3 is 2.25 bits per heavy atom. The predicted octanol–water partition coefficient (Wildman–Crippen LogP) is 2.85. The summed E-state index contributed by atoms with van der Waals surface area (Å²) in [5.74, 6) is 1.21. The molecule has 0 saturated heterocycles. The van der Waals surface area contributed by atoms with Crippen LogP contribution in [0.1, 0.15) is 25.6 Å². The van der Waals surface area contributed by atoms with Crippen LogP contribution in [0.25, 0.3) is 11.1 Å². The van der Waals surface area contributed by atoms with Gasteiger partial charge in [-0.15, -0.1) is 0 Å². The van der Waals surface area contributed by atoms with Gasteiger partial charge in [-0.2, -0.15) is 0 Å². The highest BCUT2D eigenvalue weighted by molar-refractivity contribution is 5.74. The van der Waals surface area contributed by atoms with Gasteiger partial charge >= 0.3 is 0 Å². The first-order chi connectivity index (χ1) is 7.68. The minimum absolute atomic E-state index is 0.349. The smallest absolute Gasteiger partial charge is 0.130 e. The molecule has 0 saturated carbocycles. The molecular formula is C13H15N3. The lowest BCUT2D eigenvalue weighted by Crippen LogP contribution is -1.97. The van der Waals surface area contributed by atoms with Crippen molar-refractivity contribution in [2.75, 3.05) is 5.73 Å². The van der Waals surface area contributed by atoms with E-state index in [-0.39, 0.29) is 0 Å². The second-order valence-corrected chi connectivity index (χ2v) is 4.07. The molecule has 2 rings (SSSR count). The van der Waals surface area contributed by atoms with Crippen molar-refractivity contribution in [2.24, 2.45) is 0 Å².